The first-order valence-electron chi connectivity index (χ1n) is 10.3. The van der Waals surface area contributed by atoms with Crippen molar-refractivity contribution in [2.45, 2.75) is 31.2 Å². The Kier molecular flexibility index (Phi) is 7.76. The van der Waals surface area contributed by atoms with Crippen LogP contribution in [0.2, 0.25) is 0 Å². The van der Waals surface area contributed by atoms with Crippen molar-refractivity contribution < 1.29 is 14.3 Å². The lowest BCUT2D eigenvalue weighted by atomic mass is 10.0. The van der Waals surface area contributed by atoms with Crippen molar-refractivity contribution in [1.82, 2.24) is 10.2 Å². The Labute approximate surface area is 182 Å². The van der Waals surface area contributed by atoms with E-state index in [2.05, 4.69) is 35.4 Å². The number of nitrogens with one attached hydrogen (secondary N) is 2. The van der Waals surface area contributed by atoms with Crippen LogP contribution in [0.4, 0.5) is 5.69 Å². The highest BCUT2D eigenvalue weighted by Crippen LogP contribution is 2.31. The summed E-state index contributed by atoms with van der Waals surface area (Å²) in [7, 11) is 1.66. The third-order valence-electron chi connectivity index (χ3n) is 5.29. The molecule has 0 saturated carbocycles. The number of rotatable bonds is 8. The van der Waals surface area contributed by atoms with Crippen LogP contribution in [0.1, 0.15) is 42.2 Å². The highest BCUT2D eigenvalue weighted by Gasteiger charge is 2.21. The zero-order valence-corrected chi connectivity index (χ0v) is 18.6. The quantitative estimate of drug-likeness (QED) is 0.668. The Morgan fingerprint density at radius 2 is 2.03 bits per heavy atom. The van der Waals surface area contributed by atoms with Gasteiger partial charge in [0.25, 0.3) is 5.91 Å². The number of anilines is 1. The fourth-order valence-electron chi connectivity index (χ4n) is 3.62. The van der Waals surface area contributed by atoms with E-state index in [1.165, 1.54) is 0 Å². The van der Waals surface area contributed by atoms with Gasteiger partial charge >= 0.3 is 0 Å². The summed E-state index contributed by atoms with van der Waals surface area (Å²) >= 11 is 1.63. The summed E-state index contributed by atoms with van der Waals surface area (Å²) in [6.45, 7) is 6.45. The molecule has 1 aliphatic heterocycles. The molecule has 6 nitrogen and oxygen atoms in total. The van der Waals surface area contributed by atoms with Crippen molar-refractivity contribution in [2.75, 3.05) is 37.8 Å². The van der Waals surface area contributed by atoms with Crippen LogP contribution in [-0.4, -0.2) is 49.2 Å². The Morgan fingerprint density at radius 3 is 2.77 bits per heavy atom. The topological polar surface area (TPSA) is 70.7 Å². The number of hydrogen-bond acceptors (Lipinski definition) is 5. The lowest BCUT2D eigenvalue weighted by Crippen LogP contribution is -2.38. The average Bonchev–Trinajstić information content (AvgIpc) is 2.96. The van der Waals surface area contributed by atoms with Crippen LogP contribution in [-0.2, 0) is 4.79 Å². The van der Waals surface area contributed by atoms with Crippen molar-refractivity contribution in [3.05, 3.63) is 53.6 Å². The zero-order valence-electron chi connectivity index (χ0n) is 17.7. The molecule has 7 heteroatoms. The molecule has 2 amide bonds. The smallest absolute Gasteiger partial charge is 0.251 e. The molecule has 30 heavy (non-hydrogen) atoms. The highest BCUT2D eigenvalue weighted by atomic mass is 32.2. The van der Waals surface area contributed by atoms with E-state index in [0.29, 0.717) is 24.2 Å². The first-order valence-corrected chi connectivity index (χ1v) is 11.3. The van der Waals surface area contributed by atoms with Crippen molar-refractivity contribution in [1.29, 1.82) is 0 Å². The molecule has 1 aliphatic rings. The van der Waals surface area contributed by atoms with Crippen LogP contribution in [0.15, 0.2) is 47.4 Å². The molecule has 3 rings (SSSR count). The summed E-state index contributed by atoms with van der Waals surface area (Å²) in [5.74, 6) is 1.38. The first kappa shape index (κ1) is 22.2. The van der Waals surface area contributed by atoms with E-state index in [1.54, 1.807) is 24.9 Å². The Balaban J connectivity index is 1.76. The van der Waals surface area contributed by atoms with E-state index in [-0.39, 0.29) is 17.9 Å². The second kappa shape index (κ2) is 10.5. The van der Waals surface area contributed by atoms with Gasteiger partial charge in [-0.25, -0.2) is 0 Å². The fraction of sp³-hybridized carbons (Fsp3) is 0.391. The lowest BCUT2D eigenvalue weighted by Gasteiger charge is -2.30. The Hall–Kier alpha value is -2.51. The molecule has 0 bridgehead atoms. The van der Waals surface area contributed by atoms with Crippen LogP contribution in [0.3, 0.4) is 0 Å². The number of nitrogens with zero attached hydrogens (tertiary/aromatic N) is 1. The van der Waals surface area contributed by atoms with Crippen LogP contribution in [0.25, 0.3) is 0 Å². The van der Waals surface area contributed by atoms with Gasteiger partial charge in [-0.15, -0.1) is 11.8 Å². The van der Waals surface area contributed by atoms with E-state index in [4.69, 9.17) is 4.74 Å². The SMILES string of the molecule is CCN(CC)C(CNC(=O)c1ccc2c(c1)NC(=O)CCS2)c1cccc(OC)c1. The maximum absolute atomic E-state index is 12.9. The number of benzene rings is 2. The predicted octanol–water partition coefficient (Wildman–Crippen LogP) is 3.94. The van der Waals surface area contributed by atoms with Gasteiger partial charge in [0.2, 0.25) is 5.91 Å². The number of thioether (sulfide) groups is 1. The molecule has 1 atom stereocenters. The lowest BCUT2D eigenvalue weighted by molar-refractivity contribution is -0.115. The van der Waals surface area contributed by atoms with Gasteiger partial charge in [0.1, 0.15) is 5.75 Å². The average molecular weight is 428 g/mol. The largest absolute Gasteiger partial charge is 0.497 e. The predicted molar refractivity (Wildman–Crippen MR) is 121 cm³/mol. The summed E-state index contributed by atoms with van der Waals surface area (Å²) in [5.41, 5.74) is 2.35. The minimum atomic E-state index is -0.152. The highest BCUT2D eigenvalue weighted by molar-refractivity contribution is 7.99. The van der Waals surface area contributed by atoms with Crippen LogP contribution < -0.4 is 15.4 Å². The first-order chi connectivity index (χ1) is 14.5. The maximum Gasteiger partial charge on any atom is 0.251 e. The van der Waals surface area contributed by atoms with E-state index in [0.717, 1.165) is 35.1 Å². The van der Waals surface area contributed by atoms with E-state index in [1.807, 2.05) is 30.3 Å². The number of amides is 2. The molecule has 2 aromatic rings. The van der Waals surface area contributed by atoms with E-state index >= 15 is 0 Å². The number of likely N-dealkylation sites (N-methyl/N-ethyl adjacent to an activating group) is 1. The normalized spacial score (nSPS) is 14.5. The number of carbonyl (C=O) groups excluding carboxylic acids is 2. The monoisotopic (exact) mass is 427 g/mol. The van der Waals surface area contributed by atoms with Crippen LogP contribution in [0, 0.1) is 0 Å². The molecule has 0 saturated heterocycles. The molecule has 160 valence electrons. The molecule has 2 aromatic carbocycles. The van der Waals surface area contributed by atoms with Crippen molar-refractivity contribution in [3.63, 3.8) is 0 Å². The minimum absolute atomic E-state index is 0.0153. The number of hydrogen-bond donors (Lipinski definition) is 2. The third-order valence-corrected chi connectivity index (χ3v) is 6.37. The van der Waals surface area contributed by atoms with Gasteiger partial charge in [-0.1, -0.05) is 26.0 Å². The van der Waals surface area contributed by atoms with Gasteiger partial charge in [0.05, 0.1) is 18.8 Å². The standard InChI is InChI=1S/C23H29N3O3S/c1-4-26(5-2)20(16-7-6-8-18(13-16)29-3)15-24-23(28)17-9-10-21-19(14-17)25-22(27)11-12-30-21/h6-10,13-14,20H,4-5,11-12,15H2,1-3H3,(H,24,28)(H,25,27). The second-order valence-corrected chi connectivity index (χ2v) is 8.22. The number of methoxy groups -OCH3 is 1. The molecule has 0 spiro atoms. The second-order valence-electron chi connectivity index (χ2n) is 7.08. The van der Waals surface area contributed by atoms with Gasteiger partial charge < -0.3 is 15.4 Å². The molecule has 0 aliphatic carbocycles. The molecule has 2 N–H and O–H groups in total. The third kappa shape index (κ3) is 5.34. The van der Waals surface area contributed by atoms with Gasteiger partial charge in [0.15, 0.2) is 0 Å². The maximum atomic E-state index is 12.9. The summed E-state index contributed by atoms with van der Waals surface area (Å²) in [4.78, 5) is 28.0. The van der Waals surface area contributed by atoms with Gasteiger partial charge in [-0.2, -0.15) is 0 Å². The van der Waals surface area contributed by atoms with Gasteiger partial charge in [0, 0.05) is 29.2 Å². The molecule has 1 heterocycles. The summed E-state index contributed by atoms with van der Waals surface area (Å²) in [5, 5.41) is 5.97. The molecule has 0 aromatic heterocycles. The van der Waals surface area contributed by atoms with E-state index in [9.17, 15) is 9.59 Å². The molecular weight excluding hydrogens is 398 g/mol. The van der Waals surface area contributed by atoms with Crippen LogP contribution >= 0.6 is 11.8 Å². The molecule has 1 unspecified atom stereocenters. The zero-order chi connectivity index (χ0) is 21.5. The number of carbonyl (C=O) groups is 2. The Morgan fingerprint density at radius 1 is 1.23 bits per heavy atom. The van der Waals surface area contributed by atoms with Crippen molar-refractivity contribution in [2.24, 2.45) is 0 Å². The summed E-state index contributed by atoms with van der Waals surface area (Å²) in [6, 6.07) is 13.5. The molecule has 0 radical (unpaired) electrons. The van der Waals surface area contributed by atoms with E-state index < -0.39 is 0 Å². The van der Waals surface area contributed by atoms with Crippen LogP contribution in [0.5, 0.6) is 5.75 Å². The van der Waals surface area contributed by atoms with Gasteiger partial charge in [-0.05, 0) is 49.0 Å². The summed E-state index contributed by atoms with van der Waals surface area (Å²) < 4.78 is 5.38. The molecular formula is C23H29N3O3S. The summed E-state index contributed by atoms with van der Waals surface area (Å²) in [6.07, 6.45) is 0.479. The van der Waals surface area contributed by atoms with Gasteiger partial charge in [-0.3, -0.25) is 14.5 Å². The fourth-order valence-corrected chi connectivity index (χ4v) is 4.56. The minimum Gasteiger partial charge on any atom is -0.497 e. The Bertz CT molecular complexity index is 899. The number of fused-ring (bicyclic) bond motifs is 1. The molecule has 0 fully saturated rings. The number of ether oxygens (including phenoxy) is 1. The van der Waals surface area contributed by atoms with Crippen molar-refractivity contribution >= 4 is 29.3 Å². The van der Waals surface area contributed by atoms with Crippen molar-refractivity contribution in [3.8, 4) is 5.75 Å².